The SMILES string of the molecule is O=c1c2ccccc2nc(/C=C/c2ccccc2)n1C1=CC[C@@H](O)CC=C1. The van der Waals surface area contributed by atoms with Crippen LogP contribution in [0.4, 0.5) is 0 Å². The minimum atomic E-state index is -0.425. The summed E-state index contributed by atoms with van der Waals surface area (Å²) in [4.78, 5) is 17.9. The topological polar surface area (TPSA) is 55.1 Å². The first-order valence-electron chi connectivity index (χ1n) is 9.02. The van der Waals surface area contributed by atoms with Crippen molar-refractivity contribution in [2.24, 2.45) is 0 Å². The van der Waals surface area contributed by atoms with Crippen LogP contribution in [0.15, 0.2) is 77.6 Å². The number of hydrogen-bond donors (Lipinski definition) is 1. The Morgan fingerprint density at radius 3 is 2.63 bits per heavy atom. The number of rotatable bonds is 3. The zero-order valence-electron chi connectivity index (χ0n) is 14.8. The van der Waals surface area contributed by atoms with Gasteiger partial charge in [-0.1, -0.05) is 60.7 Å². The van der Waals surface area contributed by atoms with Gasteiger partial charge in [-0.05, 0) is 42.7 Å². The van der Waals surface area contributed by atoms with Gasteiger partial charge in [-0.2, -0.15) is 0 Å². The molecule has 1 atom stereocenters. The second-order valence-electron chi connectivity index (χ2n) is 6.53. The van der Waals surface area contributed by atoms with Crippen LogP contribution >= 0.6 is 0 Å². The number of hydrogen-bond acceptors (Lipinski definition) is 3. The van der Waals surface area contributed by atoms with Gasteiger partial charge in [-0.15, -0.1) is 0 Å². The van der Waals surface area contributed by atoms with E-state index in [1.807, 2.05) is 78.9 Å². The van der Waals surface area contributed by atoms with Crippen molar-refractivity contribution in [2.45, 2.75) is 18.9 Å². The molecule has 0 saturated carbocycles. The van der Waals surface area contributed by atoms with Crippen molar-refractivity contribution in [2.75, 3.05) is 0 Å². The normalized spacial score (nSPS) is 17.2. The van der Waals surface area contributed by atoms with Crippen LogP contribution in [0, 0.1) is 0 Å². The molecule has 0 saturated heterocycles. The van der Waals surface area contributed by atoms with E-state index in [1.54, 1.807) is 10.6 Å². The van der Waals surface area contributed by atoms with Crippen molar-refractivity contribution in [3.63, 3.8) is 0 Å². The first-order valence-corrected chi connectivity index (χ1v) is 9.02. The Morgan fingerprint density at radius 2 is 1.78 bits per heavy atom. The molecule has 1 N–H and O–H groups in total. The molecule has 4 nitrogen and oxygen atoms in total. The molecule has 1 aliphatic rings. The van der Waals surface area contributed by atoms with E-state index < -0.39 is 6.10 Å². The van der Waals surface area contributed by atoms with Crippen LogP contribution < -0.4 is 5.56 Å². The molecular formula is C23H20N2O2. The zero-order chi connectivity index (χ0) is 18.6. The monoisotopic (exact) mass is 356 g/mol. The molecule has 0 spiro atoms. The molecule has 27 heavy (non-hydrogen) atoms. The number of para-hydroxylation sites is 1. The minimum absolute atomic E-state index is 0.111. The van der Waals surface area contributed by atoms with E-state index in [0.29, 0.717) is 29.6 Å². The maximum absolute atomic E-state index is 13.2. The van der Waals surface area contributed by atoms with Gasteiger partial charge in [0.05, 0.1) is 17.0 Å². The standard InChI is InChI=1S/C23H20N2O2/c26-19-10-6-9-18(14-15-19)25-22(16-13-17-7-2-1-3-8-17)24-21-12-5-4-11-20(21)23(25)27/h1-9,11-14,16,19,26H,10,15H2/b16-13+/t19-/m0/s1. The summed E-state index contributed by atoms with van der Waals surface area (Å²) in [5, 5.41) is 10.5. The lowest BCUT2D eigenvalue weighted by molar-refractivity contribution is 0.182. The van der Waals surface area contributed by atoms with Gasteiger partial charge in [-0.25, -0.2) is 4.98 Å². The van der Waals surface area contributed by atoms with Gasteiger partial charge in [-0.3, -0.25) is 9.36 Å². The molecule has 0 amide bonds. The Morgan fingerprint density at radius 1 is 1.00 bits per heavy atom. The fourth-order valence-electron chi connectivity index (χ4n) is 3.18. The number of nitrogens with zero attached hydrogens (tertiary/aromatic N) is 2. The first-order chi connectivity index (χ1) is 13.2. The van der Waals surface area contributed by atoms with Crippen molar-refractivity contribution < 1.29 is 5.11 Å². The second kappa shape index (κ2) is 7.56. The Balaban J connectivity index is 1.91. The molecular weight excluding hydrogens is 336 g/mol. The number of benzene rings is 2. The lowest BCUT2D eigenvalue weighted by Gasteiger charge is -2.12. The van der Waals surface area contributed by atoms with Crippen molar-refractivity contribution in [3.05, 3.63) is 94.6 Å². The number of allylic oxidation sites excluding steroid dienone is 2. The van der Waals surface area contributed by atoms with Crippen LogP contribution in [0.3, 0.4) is 0 Å². The summed E-state index contributed by atoms with van der Waals surface area (Å²) in [6.45, 7) is 0. The van der Waals surface area contributed by atoms with Crippen LogP contribution in [0.1, 0.15) is 24.2 Å². The van der Waals surface area contributed by atoms with E-state index in [9.17, 15) is 9.90 Å². The van der Waals surface area contributed by atoms with Crippen molar-refractivity contribution in [3.8, 4) is 0 Å². The van der Waals surface area contributed by atoms with Gasteiger partial charge >= 0.3 is 0 Å². The van der Waals surface area contributed by atoms with Gasteiger partial charge in [0, 0.05) is 5.70 Å². The van der Waals surface area contributed by atoms with Crippen LogP contribution in [0.2, 0.25) is 0 Å². The largest absolute Gasteiger partial charge is 0.392 e. The highest BCUT2D eigenvalue weighted by Gasteiger charge is 2.13. The fraction of sp³-hybridized carbons (Fsp3) is 0.130. The highest BCUT2D eigenvalue weighted by molar-refractivity contribution is 5.81. The first kappa shape index (κ1) is 17.2. The van der Waals surface area contributed by atoms with Gasteiger partial charge in [0.25, 0.3) is 5.56 Å². The Labute approximate surface area is 157 Å². The molecule has 4 rings (SSSR count). The average molecular weight is 356 g/mol. The lowest BCUT2D eigenvalue weighted by atomic mass is 10.2. The third kappa shape index (κ3) is 3.66. The molecule has 0 unspecified atom stereocenters. The predicted octanol–water partition coefficient (Wildman–Crippen LogP) is 4.12. The van der Waals surface area contributed by atoms with Gasteiger partial charge in [0.1, 0.15) is 5.82 Å². The lowest BCUT2D eigenvalue weighted by Crippen LogP contribution is -2.22. The molecule has 1 aliphatic carbocycles. The molecule has 4 heteroatoms. The summed E-state index contributed by atoms with van der Waals surface area (Å²) in [6, 6.07) is 17.3. The van der Waals surface area contributed by atoms with Crippen molar-refractivity contribution in [1.29, 1.82) is 0 Å². The maximum Gasteiger partial charge on any atom is 0.266 e. The second-order valence-corrected chi connectivity index (χ2v) is 6.53. The van der Waals surface area contributed by atoms with E-state index in [4.69, 9.17) is 4.98 Å². The Kier molecular flexibility index (Phi) is 4.81. The zero-order valence-corrected chi connectivity index (χ0v) is 14.8. The van der Waals surface area contributed by atoms with Crippen LogP contribution in [0.25, 0.3) is 28.8 Å². The molecule has 0 fully saturated rings. The Bertz CT molecular complexity index is 1110. The molecule has 0 aliphatic heterocycles. The van der Waals surface area contributed by atoms with E-state index in [-0.39, 0.29) is 5.56 Å². The third-order valence-electron chi connectivity index (χ3n) is 4.58. The minimum Gasteiger partial charge on any atom is -0.392 e. The summed E-state index contributed by atoms with van der Waals surface area (Å²) in [5.41, 5.74) is 2.33. The van der Waals surface area contributed by atoms with Gasteiger partial charge in [0.2, 0.25) is 0 Å². The van der Waals surface area contributed by atoms with Gasteiger partial charge in [0.15, 0.2) is 0 Å². The van der Waals surface area contributed by atoms with Crippen molar-refractivity contribution in [1.82, 2.24) is 9.55 Å². The molecule has 2 aromatic carbocycles. The van der Waals surface area contributed by atoms with Crippen LogP contribution in [-0.2, 0) is 0 Å². The number of fused-ring (bicyclic) bond motifs is 1. The molecule has 1 heterocycles. The molecule has 134 valence electrons. The van der Waals surface area contributed by atoms with Crippen LogP contribution in [0.5, 0.6) is 0 Å². The van der Waals surface area contributed by atoms with E-state index in [1.165, 1.54) is 0 Å². The summed E-state index contributed by atoms with van der Waals surface area (Å²) in [6.07, 6.45) is 10.1. The number of aliphatic hydroxyl groups is 1. The fourth-order valence-corrected chi connectivity index (χ4v) is 3.18. The summed E-state index contributed by atoms with van der Waals surface area (Å²) in [7, 11) is 0. The smallest absolute Gasteiger partial charge is 0.266 e. The van der Waals surface area contributed by atoms with E-state index in [2.05, 4.69) is 0 Å². The number of aliphatic hydroxyl groups excluding tert-OH is 1. The van der Waals surface area contributed by atoms with Crippen LogP contribution in [-0.4, -0.2) is 20.8 Å². The summed E-state index contributed by atoms with van der Waals surface area (Å²) >= 11 is 0. The third-order valence-corrected chi connectivity index (χ3v) is 4.58. The Hall–Kier alpha value is -3.24. The number of aromatic nitrogens is 2. The molecule has 1 aromatic heterocycles. The summed E-state index contributed by atoms with van der Waals surface area (Å²) in [5.74, 6) is 0.565. The van der Waals surface area contributed by atoms with E-state index in [0.717, 1.165) is 11.3 Å². The van der Waals surface area contributed by atoms with Crippen molar-refractivity contribution >= 4 is 28.8 Å². The quantitative estimate of drug-likeness (QED) is 0.768. The van der Waals surface area contributed by atoms with Gasteiger partial charge < -0.3 is 5.11 Å². The van der Waals surface area contributed by atoms with E-state index >= 15 is 0 Å². The molecule has 0 bridgehead atoms. The average Bonchev–Trinajstić information content (AvgIpc) is 2.92. The maximum atomic E-state index is 13.2. The predicted molar refractivity (Wildman–Crippen MR) is 110 cm³/mol. The summed E-state index contributed by atoms with van der Waals surface area (Å²) < 4.78 is 1.62. The highest BCUT2D eigenvalue weighted by Crippen LogP contribution is 2.19. The molecule has 0 radical (unpaired) electrons. The molecule has 3 aromatic rings. The highest BCUT2D eigenvalue weighted by atomic mass is 16.3.